The molecule has 1 aliphatic rings. The number of likely N-dealkylation sites (tertiary alicyclic amines) is 1. The lowest BCUT2D eigenvalue weighted by atomic mass is 9.99. The van der Waals surface area contributed by atoms with Gasteiger partial charge in [-0.2, -0.15) is 5.10 Å². The SMILES string of the molecule is O=C(c1[nH]nc2c(=O)[nH]cnc12)N1CCC(c2ccc(F)cc2)C1. The Balaban J connectivity index is 1.58. The number of aromatic nitrogens is 4. The maximum atomic E-state index is 13.0. The topological polar surface area (TPSA) is 94.7 Å². The first-order chi connectivity index (χ1) is 11.6. The Morgan fingerprint density at radius 2 is 2.04 bits per heavy atom. The van der Waals surface area contributed by atoms with Gasteiger partial charge in [-0.1, -0.05) is 12.1 Å². The van der Waals surface area contributed by atoms with Crippen LogP contribution >= 0.6 is 0 Å². The van der Waals surface area contributed by atoms with Crippen LogP contribution in [0.5, 0.6) is 0 Å². The number of nitrogens with one attached hydrogen (secondary N) is 2. The largest absolute Gasteiger partial charge is 0.337 e. The summed E-state index contributed by atoms with van der Waals surface area (Å²) in [6.07, 6.45) is 2.06. The van der Waals surface area contributed by atoms with Crippen LogP contribution in [0.2, 0.25) is 0 Å². The van der Waals surface area contributed by atoms with Gasteiger partial charge in [0, 0.05) is 19.0 Å². The van der Waals surface area contributed by atoms with E-state index in [-0.39, 0.29) is 39.9 Å². The molecule has 1 aliphatic heterocycles. The van der Waals surface area contributed by atoms with E-state index >= 15 is 0 Å². The lowest BCUT2D eigenvalue weighted by molar-refractivity contribution is 0.0786. The molecule has 122 valence electrons. The van der Waals surface area contributed by atoms with Crippen molar-refractivity contribution in [1.29, 1.82) is 0 Å². The molecule has 2 aromatic heterocycles. The second kappa shape index (κ2) is 5.55. The van der Waals surface area contributed by atoms with E-state index in [1.807, 2.05) is 0 Å². The minimum absolute atomic E-state index is 0.120. The highest BCUT2D eigenvalue weighted by molar-refractivity contribution is 6.02. The lowest BCUT2D eigenvalue weighted by Crippen LogP contribution is -2.29. The standard InChI is InChI=1S/C16H14FN5O2/c17-11-3-1-9(2-4-11)10-5-6-22(7-10)16(24)14-12-13(20-21-14)15(23)19-8-18-12/h1-4,8,10H,5-7H2,(H,20,21)(H,18,19,23). The number of hydrogen-bond donors (Lipinski definition) is 2. The van der Waals surface area contributed by atoms with Gasteiger partial charge in [-0.3, -0.25) is 14.7 Å². The molecule has 24 heavy (non-hydrogen) atoms. The molecule has 4 rings (SSSR count). The molecule has 0 spiro atoms. The second-order valence-corrected chi connectivity index (χ2v) is 5.82. The molecule has 8 heteroatoms. The van der Waals surface area contributed by atoms with Crippen molar-refractivity contribution in [3.8, 4) is 0 Å². The summed E-state index contributed by atoms with van der Waals surface area (Å²) in [6.45, 7) is 1.12. The number of aromatic amines is 2. The summed E-state index contributed by atoms with van der Waals surface area (Å²) in [4.78, 5) is 32.5. The van der Waals surface area contributed by atoms with E-state index < -0.39 is 0 Å². The van der Waals surface area contributed by atoms with Crippen molar-refractivity contribution in [2.45, 2.75) is 12.3 Å². The monoisotopic (exact) mass is 327 g/mol. The molecule has 0 radical (unpaired) electrons. The zero-order chi connectivity index (χ0) is 16.7. The quantitative estimate of drug-likeness (QED) is 0.744. The maximum absolute atomic E-state index is 13.0. The molecule has 1 unspecified atom stereocenters. The average molecular weight is 327 g/mol. The van der Waals surface area contributed by atoms with Gasteiger partial charge in [0.2, 0.25) is 0 Å². The van der Waals surface area contributed by atoms with Crippen molar-refractivity contribution < 1.29 is 9.18 Å². The van der Waals surface area contributed by atoms with Crippen LogP contribution in [-0.4, -0.2) is 44.1 Å². The fourth-order valence-corrected chi connectivity index (χ4v) is 3.10. The number of fused-ring (bicyclic) bond motifs is 1. The van der Waals surface area contributed by atoms with E-state index in [2.05, 4.69) is 20.2 Å². The van der Waals surface area contributed by atoms with Crippen molar-refractivity contribution in [2.24, 2.45) is 0 Å². The summed E-state index contributed by atoms with van der Waals surface area (Å²) < 4.78 is 13.0. The fourth-order valence-electron chi connectivity index (χ4n) is 3.10. The smallest absolute Gasteiger partial charge is 0.279 e. The Morgan fingerprint density at radius 3 is 2.83 bits per heavy atom. The van der Waals surface area contributed by atoms with Crippen molar-refractivity contribution in [3.63, 3.8) is 0 Å². The van der Waals surface area contributed by atoms with E-state index in [0.717, 1.165) is 12.0 Å². The first-order valence-electron chi connectivity index (χ1n) is 7.60. The lowest BCUT2D eigenvalue weighted by Gasteiger charge is -2.15. The van der Waals surface area contributed by atoms with Crippen LogP contribution in [-0.2, 0) is 0 Å². The van der Waals surface area contributed by atoms with Crippen molar-refractivity contribution in [2.75, 3.05) is 13.1 Å². The Kier molecular flexibility index (Phi) is 3.37. The summed E-state index contributed by atoms with van der Waals surface area (Å²) in [6, 6.07) is 6.36. The molecule has 1 aromatic carbocycles. The van der Waals surface area contributed by atoms with Crippen LogP contribution in [0.1, 0.15) is 28.4 Å². The molecular formula is C16H14FN5O2. The van der Waals surface area contributed by atoms with Gasteiger partial charge in [0.25, 0.3) is 11.5 Å². The Bertz CT molecular complexity index is 963. The third-order valence-corrected chi connectivity index (χ3v) is 4.38. The van der Waals surface area contributed by atoms with Crippen molar-refractivity contribution in [1.82, 2.24) is 25.1 Å². The van der Waals surface area contributed by atoms with Crippen LogP contribution in [0.3, 0.4) is 0 Å². The number of carbonyl (C=O) groups is 1. The van der Waals surface area contributed by atoms with Crippen molar-refractivity contribution in [3.05, 3.63) is 58.0 Å². The molecule has 0 saturated carbocycles. The summed E-state index contributed by atoms with van der Waals surface area (Å²) in [5.74, 6) is -0.342. The summed E-state index contributed by atoms with van der Waals surface area (Å²) in [5.41, 5.74) is 1.23. The minimum atomic E-state index is -0.388. The van der Waals surface area contributed by atoms with Crippen LogP contribution in [0.15, 0.2) is 35.4 Å². The predicted molar refractivity (Wildman–Crippen MR) is 84.2 cm³/mol. The van der Waals surface area contributed by atoms with E-state index in [1.54, 1.807) is 17.0 Å². The molecule has 1 saturated heterocycles. The van der Waals surface area contributed by atoms with Gasteiger partial charge in [-0.15, -0.1) is 0 Å². The van der Waals surface area contributed by atoms with Crippen LogP contribution in [0, 0.1) is 5.82 Å². The van der Waals surface area contributed by atoms with E-state index in [0.29, 0.717) is 13.1 Å². The normalized spacial score (nSPS) is 17.5. The van der Waals surface area contributed by atoms with E-state index in [9.17, 15) is 14.0 Å². The number of amides is 1. The predicted octanol–water partition coefficient (Wildman–Crippen LogP) is 1.42. The number of rotatable bonds is 2. The fraction of sp³-hybridized carbons (Fsp3) is 0.250. The molecule has 7 nitrogen and oxygen atoms in total. The first-order valence-corrected chi connectivity index (χ1v) is 7.60. The molecule has 1 atom stereocenters. The van der Waals surface area contributed by atoms with Crippen molar-refractivity contribution >= 4 is 16.9 Å². The van der Waals surface area contributed by atoms with Gasteiger partial charge in [0.1, 0.15) is 17.0 Å². The number of nitrogens with zero attached hydrogens (tertiary/aromatic N) is 3. The zero-order valence-electron chi connectivity index (χ0n) is 12.6. The Hall–Kier alpha value is -3.03. The van der Waals surface area contributed by atoms with Crippen LogP contribution in [0.25, 0.3) is 11.0 Å². The number of benzene rings is 1. The molecule has 3 aromatic rings. The molecule has 1 fully saturated rings. The van der Waals surface area contributed by atoms with Gasteiger partial charge < -0.3 is 9.88 Å². The molecule has 3 heterocycles. The van der Waals surface area contributed by atoms with Crippen LogP contribution in [0.4, 0.5) is 4.39 Å². The summed E-state index contributed by atoms with van der Waals surface area (Å²) >= 11 is 0. The summed E-state index contributed by atoms with van der Waals surface area (Å²) in [7, 11) is 0. The third-order valence-electron chi connectivity index (χ3n) is 4.38. The highest BCUT2D eigenvalue weighted by Crippen LogP contribution is 2.28. The van der Waals surface area contributed by atoms with Gasteiger partial charge in [0.15, 0.2) is 5.52 Å². The first kappa shape index (κ1) is 14.6. The van der Waals surface area contributed by atoms with E-state index in [4.69, 9.17) is 0 Å². The van der Waals surface area contributed by atoms with Gasteiger partial charge >= 0.3 is 0 Å². The zero-order valence-corrected chi connectivity index (χ0v) is 12.6. The maximum Gasteiger partial charge on any atom is 0.279 e. The number of carbonyl (C=O) groups excluding carboxylic acids is 1. The van der Waals surface area contributed by atoms with Crippen LogP contribution < -0.4 is 5.56 Å². The molecule has 2 N–H and O–H groups in total. The number of hydrogen-bond acceptors (Lipinski definition) is 4. The Morgan fingerprint density at radius 1 is 1.25 bits per heavy atom. The second-order valence-electron chi connectivity index (χ2n) is 5.82. The van der Waals surface area contributed by atoms with Gasteiger partial charge in [0.05, 0.1) is 6.33 Å². The highest BCUT2D eigenvalue weighted by atomic mass is 19.1. The van der Waals surface area contributed by atoms with Gasteiger partial charge in [-0.05, 0) is 24.1 Å². The van der Waals surface area contributed by atoms with E-state index in [1.165, 1.54) is 18.5 Å². The summed E-state index contributed by atoms with van der Waals surface area (Å²) in [5, 5.41) is 6.50. The number of halogens is 1. The highest BCUT2D eigenvalue weighted by Gasteiger charge is 2.30. The average Bonchev–Trinajstić information content (AvgIpc) is 3.23. The third kappa shape index (κ3) is 2.36. The Labute approximate surface area is 135 Å². The molecule has 1 amide bonds. The number of H-pyrrole nitrogens is 2. The molecular weight excluding hydrogens is 313 g/mol. The molecule has 0 aliphatic carbocycles. The molecule has 0 bridgehead atoms. The van der Waals surface area contributed by atoms with Gasteiger partial charge in [-0.25, -0.2) is 9.37 Å². The minimum Gasteiger partial charge on any atom is -0.337 e.